The van der Waals surface area contributed by atoms with Crippen molar-refractivity contribution in [2.24, 2.45) is 0 Å². The van der Waals surface area contributed by atoms with Gasteiger partial charge in [0.15, 0.2) is 6.10 Å². The SMILES string of the molecule is C[C@H](C#N)OC(=O)C[C@H](NC(=O)c1ccccc1)c1ccccc1. The van der Waals surface area contributed by atoms with Crippen LogP contribution in [0.15, 0.2) is 60.7 Å². The van der Waals surface area contributed by atoms with Crippen LogP contribution in [0.2, 0.25) is 0 Å². The molecular formula is C19H18N2O3. The minimum atomic E-state index is -0.821. The summed E-state index contributed by atoms with van der Waals surface area (Å²) < 4.78 is 4.99. The average Bonchev–Trinajstić information content (AvgIpc) is 2.62. The fraction of sp³-hybridized carbons (Fsp3) is 0.211. The Hall–Kier alpha value is -3.13. The lowest BCUT2D eigenvalue weighted by Gasteiger charge is -2.19. The maximum atomic E-state index is 12.4. The highest BCUT2D eigenvalue weighted by Crippen LogP contribution is 2.18. The van der Waals surface area contributed by atoms with Crippen LogP contribution in [0.1, 0.15) is 35.3 Å². The molecule has 0 aliphatic rings. The van der Waals surface area contributed by atoms with Gasteiger partial charge in [-0.2, -0.15) is 5.26 Å². The topological polar surface area (TPSA) is 79.2 Å². The highest BCUT2D eigenvalue weighted by Gasteiger charge is 2.21. The molecule has 0 fully saturated rings. The molecule has 122 valence electrons. The normalized spacial score (nSPS) is 12.5. The summed E-state index contributed by atoms with van der Waals surface area (Å²) in [5, 5.41) is 11.6. The number of ether oxygens (including phenoxy) is 1. The molecule has 2 rings (SSSR count). The summed E-state index contributed by atoms with van der Waals surface area (Å²) in [5.74, 6) is -0.808. The van der Waals surface area contributed by atoms with Crippen LogP contribution in [-0.2, 0) is 9.53 Å². The molecule has 1 N–H and O–H groups in total. The highest BCUT2D eigenvalue weighted by molar-refractivity contribution is 5.94. The summed E-state index contributed by atoms with van der Waals surface area (Å²) in [5.41, 5.74) is 1.31. The predicted molar refractivity (Wildman–Crippen MR) is 88.9 cm³/mol. The van der Waals surface area contributed by atoms with Crippen LogP contribution in [0.4, 0.5) is 0 Å². The second-order valence-corrected chi connectivity index (χ2v) is 5.27. The molecule has 0 aliphatic carbocycles. The van der Waals surface area contributed by atoms with Crippen LogP contribution in [-0.4, -0.2) is 18.0 Å². The first-order valence-electron chi connectivity index (χ1n) is 7.60. The molecule has 5 nitrogen and oxygen atoms in total. The second kappa shape index (κ2) is 8.49. The molecule has 0 radical (unpaired) electrons. The van der Waals surface area contributed by atoms with E-state index in [0.29, 0.717) is 5.56 Å². The van der Waals surface area contributed by atoms with Crippen molar-refractivity contribution >= 4 is 11.9 Å². The number of rotatable bonds is 6. The van der Waals surface area contributed by atoms with Crippen LogP contribution in [0.25, 0.3) is 0 Å². The zero-order valence-corrected chi connectivity index (χ0v) is 13.3. The Labute approximate surface area is 140 Å². The first kappa shape index (κ1) is 17.2. The molecule has 0 aromatic heterocycles. The molecule has 0 saturated heterocycles. The Morgan fingerprint density at radius 2 is 1.67 bits per heavy atom. The van der Waals surface area contributed by atoms with Gasteiger partial charge in [-0.05, 0) is 24.6 Å². The van der Waals surface area contributed by atoms with Crippen molar-refractivity contribution in [3.8, 4) is 6.07 Å². The summed E-state index contributed by atoms with van der Waals surface area (Å²) in [6.45, 7) is 1.50. The molecule has 2 aromatic carbocycles. The van der Waals surface area contributed by atoms with E-state index in [-0.39, 0.29) is 12.3 Å². The smallest absolute Gasteiger partial charge is 0.309 e. The molecule has 0 aliphatic heterocycles. The first-order valence-corrected chi connectivity index (χ1v) is 7.60. The fourth-order valence-electron chi connectivity index (χ4n) is 2.21. The van der Waals surface area contributed by atoms with E-state index in [1.54, 1.807) is 24.3 Å². The lowest BCUT2D eigenvalue weighted by atomic mass is 10.0. The molecule has 24 heavy (non-hydrogen) atoms. The van der Waals surface area contributed by atoms with Gasteiger partial charge in [-0.3, -0.25) is 9.59 Å². The zero-order valence-electron chi connectivity index (χ0n) is 13.3. The summed E-state index contributed by atoms with van der Waals surface area (Å²) in [6, 6.07) is 19.3. The van der Waals surface area contributed by atoms with Crippen molar-refractivity contribution in [2.45, 2.75) is 25.5 Å². The van der Waals surface area contributed by atoms with Gasteiger partial charge >= 0.3 is 5.97 Å². The Morgan fingerprint density at radius 1 is 1.08 bits per heavy atom. The van der Waals surface area contributed by atoms with E-state index in [2.05, 4.69) is 5.32 Å². The Morgan fingerprint density at radius 3 is 2.25 bits per heavy atom. The molecule has 5 heteroatoms. The minimum absolute atomic E-state index is 0.0470. The van der Waals surface area contributed by atoms with Gasteiger partial charge in [-0.25, -0.2) is 0 Å². The number of esters is 1. The molecule has 2 atom stereocenters. The van der Waals surface area contributed by atoms with Gasteiger partial charge < -0.3 is 10.1 Å². The highest BCUT2D eigenvalue weighted by atomic mass is 16.5. The third-order valence-corrected chi connectivity index (χ3v) is 3.40. The third kappa shape index (κ3) is 4.96. The molecule has 0 heterocycles. The van der Waals surface area contributed by atoms with Gasteiger partial charge in [-0.15, -0.1) is 0 Å². The summed E-state index contributed by atoms with van der Waals surface area (Å²) in [4.78, 5) is 24.4. The average molecular weight is 322 g/mol. The summed E-state index contributed by atoms with van der Waals surface area (Å²) in [7, 11) is 0. The number of nitriles is 1. The van der Waals surface area contributed by atoms with Crippen LogP contribution in [0.3, 0.4) is 0 Å². The largest absolute Gasteiger partial charge is 0.447 e. The minimum Gasteiger partial charge on any atom is -0.447 e. The Bertz CT molecular complexity index is 723. The van der Waals surface area contributed by atoms with Crippen molar-refractivity contribution in [3.05, 3.63) is 71.8 Å². The quantitative estimate of drug-likeness (QED) is 0.829. The number of amides is 1. The second-order valence-electron chi connectivity index (χ2n) is 5.27. The summed E-state index contributed by atoms with van der Waals surface area (Å²) in [6.07, 6.45) is -0.868. The van der Waals surface area contributed by atoms with E-state index in [9.17, 15) is 9.59 Å². The number of benzene rings is 2. The van der Waals surface area contributed by atoms with Crippen molar-refractivity contribution in [2.75, 3.05) is 0 Å². The van der Waals surface area contributed by atoms with Crippen molar-refractivity contribution in [1.82, 2.24) is 5.32 Å². The number of hydrogen-bond donors (Lipinski definition) is 1. The molecule has 0 bridgehead atoms. The van der Waals surface area contributed by atoms with Gasteiger partial charge in [0.05, 0.1) is 12.5 Å². The molecule has 0 spiro atoms. The number of carbonyl (C=O) groups is 2. The monoisotopic (exact) mass is 322 g/mol. The van der Waals surface area contributed by atoms with Crippen LogP contribution in [0.5, 0.6) is 0 Å². The van der Waals surface area contributed by atoms with E-state index in [0.717, 1.165) is 5.56 Å². The van der Waals surface area contributed by atoms with Gasteiger partial charge in [0.2, 0.25) is 0 Å². The van der Waals surface area contributed by atoms with Gasteiger partial charge in [0.1, 0.15) is 6.07 Å². The van der Waals surface area contributed by atoms with Gasteiger partial charge in [-0.1, -0.05) is 48.5 Å². The van der Waals surface area contributed by atoms with Crippen LogP contribution in [0, 0.1) is 11.3 Å². The van der Waals surface area contributed by atoms with Crippen molar-refractivity contribution in [3.63, 3.8) is 0 Å². The van der Waals surface area contributed by atoms with Crippen LogP contribution < -0.4 is 5.32 Å². The van der Waals surface area contributed by atoms with E-state index < -0.39 is 18.1 Å². The van der Waals surface area contributed by atoms with Gasteiger partial charge in [0.25, 0.3) is 5.91 Å². The van der Waals surface area contributed by atoms with Crippen LogP contribution >= 0.6 is 0 Å². The van der Waals surface area contributed by atoms with Crippen molar-refractivity contribution in [1.29, 1.82) is 5.26 Å². The third-order valence-electron chi connectivity index (χ3n) is 3.40. The van der Waals surface area contributed by atoms with E-state index in [1.807, 2.05) is 42.5 Å². The standard InChI is InChI=1S/C19H18N2O3/c1-14(13-20)24-18(22)12-17(15-8-4-2-5-9-15)21-19(23)16-10-6-3-7-11-16/h2-11,14,17H,12H2,1H3,(H,21,23)/t14-,17+/m1/s1. The molecular weight excluding hydrogens is 304 g/mol. The lowest BCUT2D eigenvalue weighted by molar-refractivity contribution is -0.146. The van der Waals surface area contributed by atoms with E-state index >= 15 is 0 Å². The molecule has 1 amide bonds. The Kier molecular flexibility index (Phi) is 6.09. The first-order chi connectivity index (χ1) is 11.6. The van der Waals surface area contributed by atoms with Gasteiger partial charge in [0, 0.05) is 5.56 Å². The van der Waals surface area contributed by atoms with Crippen molar-refractivity contribution < 1.29 is 14.3 Å². The molecule has 0 unspecified atom stereocenters. The number of nitrogens with one attached hydrogen (secondary N) is 1. The number of carbonyl (C=O) groups excluding carboxylic acids is 2. The number of hydrogen-bond acceptors (Lipinski definition) is 4. The molecule has 0 saturated carbocycles. The predicted octanol–water partition coefficient (Wildman–Crippen LogP) is 3.00. The lowest BCUT2D eigenvalue weighted by Crippen LogP contribution is -2.31. The maximum absolute atomic E-state index is 12.4. The maximum Gasteiger partial charge on any atom is 0.309 e. The zero-order chi connectivity index (χ0) is 17.4. The molecule has 2 aromatic rings. The number of nitrogens with zero attached hydrogens (tertiary/aromatic N) is 1. The summed E-state index contributed by atoms with van der Waals surface area (Å²) >= 11 is 0. The fourth-order valence-corrected chi connectivity index (χ4v) is 2.21. The van der Waals surface area contributed by atoms with E-state index in [1.165, 1.54) is 6.92 Å². The Balaban J connectivity index is 2.13. The van der Waals surface area contributed by atoms with E-state index in [4.69, 9.17) is 10.00 Å².